The summed E-state index contributed by atoms with van der Waals surface area (Å²) in [6.07, 6.45) is 0. The highest BCUT2D eigenvalue weighted by molar-refractivity contribution is 6.25. The molecule has 0 saturated heterocycles. The molecule has 0 unspecified atom stereocenters. The highest BCUT2D eigenvalue weighted by Crippen LogP contribution is 2.44. The molecule has 0 amide bonds. The summed E-state index contributed by atoms with van der Waals surface area (Å²) < 4.78 is 0. The summed E-state index contributed by atoms with van der Waals surface area (Å²) in [5.41, 5.74) is 15.9. The molecular formula is C57H35N5. The van der Waals surface area contributed by atoms with Crippen molar-refractivity contribution in [3.05, 3.63) is 212 Å². The van der Waals surface area contributed by atoms with E-state index in [1.807, 2.05) is 30.3 Å². The number of fused-ring (bicyclic) bond motifs is 8. The molecule has 0 saturated carbocycles. The van der Waals surface area contributed by atoms with Crippen LogP contribution in [0.1, 0.15) is 0 Å². The van der Waals surface area contributed by atoms with Gasteiger partial charge in [0.1, 0.15) is 0 Å². The van der Waals surface area contributed by atoms with Gasteiger partial charge in [0.25, 0.3) is 0 Å². The topological polar surface area (TPSA) is 64.5 Å². The summed E-state index contributed by atoms with van der Waals surface area (Å²) in [4.78, 5) is 27.0. The van der Waals surface area contributed by atoms with Crippen LogP contribution >= 0.6 is 0 Å². The summed E-state index contributed by atoms with van der Waals surface area (Å²) in [5.74, 6) is 0. The Morgan fingerprint density at radius 2 is 0.694 bits per heavy atom. The number of para-hydroxylation sites is 1. The van der Waals surface area contributed by atoms with Crippen molar-refractivity contribution in [2.75, 3.05) is 0 Å². The Morgan fingerprint density at radius 1 is 0.258 bits per heavy atom. The molecular weight excluding hydrogens is 755 g/mol. The fourth-order valence-corrected chi connectivity index (χ4v) is 8.81. The number of nitrogens with zero attached hydrogens (tertiary/aromatic N) is 5. The zero-order valence-corrected chi connectivity index (χ0v) is 33.4. The monoisotopic (exact) mass is 789 g/mol. The van der Waals surface area contributed by atoms with Gasteiger partial charge >= 0.3 is 0 Å². The summed E-state index contributed by atoms with van der Waals surface area (Å²) in [6.45, 7) is 0. The fraction of sp³-hybridized carbons (Fsp3) is 0. The first-order chi connectivity index (χ1) is 30.7. The molecule has 0 bridgehead atoms. The van der Waals surface area contributed by atoms with Gasteiger partial charge in [0.05, 0.1) is 56.1 Å². The molecule has 288 valence electrons. The summed E-state index contributed by atoms with van der Waals surface area (Å²) in [5, 5.41) is 5.24. The Morgan fingerprint density at radius 3 is 1.29 bits per heavy atom. The average Bonchev–Trinajstić information content (AvgIpc) is 3.36. The first-order valence-electron chi connectivity index (χ1n) is 20.8. The van der Waals surface area contributed by atoms with E-state index in [-0.39, 0.29) is 0 Å². The van der Waals surface area contributed by atoms with E-state index in [1.165, 1.54) is 0 Å². The standard InChI is InChI=1S/C57H35N5/c1-5-15-36(16-6-1)45-35-49-57(62-56(40-21-11-4-12-22-40)53(61-49)39-19-9-3-10-20-39)51-50(45)44-23-13-14-24-48(44)60-52(51)41-27-25-38(26-28-41)47-34-32-43-30-29-42-31-33-46(37-17-7-2-8-18-37)58-54(42)55(43)59-47/h1-35H. The molecule has 12 aromatic rings. The molecule has 8 aromatic carbocycles. The van der Waals surface area contributed by atoms with Crippen LogP contribution in [0.2, 0.25) is 0 Å². The van der Waals surface area contributed by atoms with Crippen molar-refractivity contribution >= 4 is 54.5 Å². The highest BCUT2D eigenvalue weighted by Gasteiger charge is 2.22. The molecule has 0 aliphatic carbocycles. The Hall–Kier alpha value is -8.41. The maximum absolute atomic E-state index is 5.60. The lowest BCUT2D eigenvalue weighted by Gasteiger charge is -2.18. The Bertz CT molecular complexity index is 3650. The van der Waals surface area contributed by atoms with Crippen molar-refractivity contribution in [3.63, 3.8) is 0 Å². The minimum Gasteiger partial charge on any atom is -0.247 e. The SMILES string of the molecule is c1ccc(-c2ccc3ccc4ccc(-c5ccc(-c6nc7ccccc7c7c(-c8ccccc8)cc8nc(-c9ccccc9)c(-c9ccccc9)nc8c67)cc5)nc4c3n2)cc1. The number of rotatable bonds is 6. The maximum atomic E-state index is 5.60. The van der Waals surface area contributed by atoms with Crippen LogP contribution in [-0.2, 0) is 0 Å². The van der Waals surface area contributed by atoms with Gasteiger partial charge < -0.3 is 0 Å². The third-order valence-corrected chi connectivity index (χ3v) is 11.8. The number of pyridine rings is 3. The summed E-state index contributed by atoms with van der Waals surface area (Å²) in [7, 11) is 0. The third-order valence-electron chi connectivity index (χ3n) is 11.8. The lowest BCUT2D eigenvalue weighted by atomic mass is 9.91. The quantitative estimate of drug-likeness (QED) is 0.157. The Balaban J connectivity index is 1.09. The molecule has 0 atom stereocenters. The van der Waals surface area contributed by atoms with E-state index in [9.17, 15) is 0 Å². The maximum Gasteiger partial charge on any atom is 0.0995 e. The van der Waals surface area contributed by atoms with E-state index >= 15 is 0 Å². The summed E-state index contributed by atoms with van der Waals surface area (Å²) >= 11 is 0. The highest BCUT2D eigenvalue weighted by atomic mass is 14.8. The minimum atomic E-state index is 0.806. The van der Waals surface area contributed by atoms with Gasteiger partial charge in [-0.3, -0.25) is 0 Å². The van der Waals surface area contributed by atoms with Crippen LogP contribution < -0.4 is 0 Å². The molecule has 5 heteroatoms. The van der Waals surface area contributed by atoms with Gasteiger partial charge in [-0.2, -0.15) is 0 Å². The van der Waals surface area contributed by atoms with Crippen LogP contribution in [0.4, 0.5) is 0 Å². The molecule has 5 nitrogen and oxygen atoms in total. The average molecular weight is 790 g/mol. The first kappa shape index (κ1) is 35.5. The zero-order valence-electron chi connectivity index (χ0n) is 33.4. The van der Waals surface area contributed by atoms with Crippen LogP contribution in [0, 0.1) is 0 Å². The van der Waals surface area contributed by atoms with Gasteiger partial charge in [-0.15, -0.1) is 0 Å². The lowest BCUT2D eigenvalue weighted by molar-refractivity contribution is 1.30. The summed E-state index contributed by atoms with van der Waals surface area (Å²) in [6, 6.07) is 73.6. The number of hydrogen-bond acceptors (Lipinski definition) is 5. The predicted molar refractivity (Wildman–Crippen MR) is 256 cm³/mol. The number of aromatic nitrogens is 5. The van der Waals surface area contributed by atoms with Crippen LogP contribution in [0.15, 0.2) is 212 Å². The van der Waals surface area contributed by atoms with Crippen LogP contribution in [0.5, 0.6) is 0 Å². The predicted octanol–water partition coefficient (Wildman–Crippen LogP) is 14.4. The van der Waals surface area contributed by atoms with Crippen molar-refractivity contribution in [3.8, 4) is 67.4 Å². The van der Waals surface area contributed by atoms with Crippen molar-refractivity contribution in [1.29, 1.82) is 0 Å². The van der Waals surface area contributed by atoms with Gasteiger partial charge in [-0.25, -0.2) is 24.9 Å². The number of hydrogen-bond donors (Lipinski definition) is 0. The van der Waals surface area contributed by atoms with E-state index in [1.54, 1.807) is 0 Å². The number of benzene rings is 8. The van der Waals surface area contributed by atoms with Crippen molar-refractivity contribution in [2.24, 2.45) is 0 Å². The van der Waals surface area contributed by atoms with E-state index in [2.05, 4.69) is 182 Å². The molecule has 4 heterocycles. The molecule has 0 radical (unpaired) electrons. The normalized spacial score (nSPS) is 11.5. The van der Waals surface area contributed by atoms with Crippen LogP contribution in [0.3, 0.4) is 0 Å². The molecule has 12 rings (SSSR count). The van der Waals surface area contributed by atoms with Crippen molar-refractivity contribution in [2.45, 2.75) is 0 Å². The van der Waals surface area contributed by atoms with Crippen LogP contribution in [0.25, 0.3) is 122 Å². The van der Waals surface area contributed by atoms with Crippen LogP contribution in [-0.4, -0.2) is 24.9 Å². The lowest BCUT2D eigenvalue weighted by Crippen LogP contribution is -2.00. The largest absolute Gasteiger partial charge is 0.247 e. The second-order valence-electron chi connectivity index (χ2n) is 15.6. The van der Waals surface area contributed by atoms with E-state index in [4.69, 9.17) is 24.9 Å². The van der Waals surface area contributed by atoms with Crippen molar-refractivity contribution in [1.82, 2.24) is 24.9 Å². The molecule has 62 heavy (non-hydrogen) atoms. The smallest absolute Gasteiger partial charge is 0.0995 e. The Kier molecular flexibility index (Phi) is 8.42. The molecule has 0 spiro atoms. The van der Waals surface area contributed by atoms with Gasteiger partial charge in [0.15, 0.2) is 0 Å². The van der Waals surface area contributed by atoms with Crippen molar-refractivity contribution < 1.29 is 0 Å². The zero-order chi connectivity index (χ0) is 41.0. The van der Waals surface area contributed by atoms with E-state index in [0.717, 1.165) is 122 Å². The van der Waals surface area contributed by atoms with Gasteiger partial charge in [0, 0.05) is 54.7 Å². The fourth-order valence-electron chi connectivity index (χ4n) is 8.81. The molecule has 0 aliphatic rings. The van der Waals surface area contributed by atoms with Gasteiger partial charge in [-0.05, 0) is 35.4 Å². The van der Waals surface area contributed by atoms with E-state index in [0.29, 0.717) is 0 Å². The molecule has 0 fully saturated rings. The Labute approximate surface area is 357 Å². The second-order valence-corrected chi connectivity index (χ2v) is 15.6. The molecule has 4 aromatic heterocycles. The van der Waals surface area contributed by atoms with E-state index < -0.39 is 0 Å². The van der Waals surface area contributed by atoms with Gasteiger partial charge in [0.2, 0.25) is 0 Å². The third kappa shape index (κ3) is 6.06. The molecule has 0 aliphatic heterocycles. The minimum absolute atomic E-state index is 0.806. The van der Waals surface area contributed by atoms with Gasteiger partial charge in [-0.1, -0.05) is 188 Å². The second kappa shape index (κ2) is 14.7. The molecule has 0 N–H and O–H groups in total. The first-order valence-corrected chi connectivity index (χ1v) is 20.8.